The van der Waals surface area contributed by atoms with E-state index in [-0.39, 0.29) is 25.1 Å². The van der Waals surface area contributed by atoms with Crippen LogP contribution in [0.5, 0.6) is 0 Å². The van der Waals surface area contributed by atoms with E-state index in [2.05, 4.69) is 62.5 Å². The van der Waals surface area contributed by atoms with Gasteiger partial charge in [0.05, 0.1) is 33.8 Å². The number of nitrogens with one attached hydrogen (secondary N) is 1. The van der Waals surface area contributed by atoms with Crippen LogP contribution in [0.25, 0.3) is 0 Å². The van der Waals surface area contributed by atoms with Crippen molar-refractivity contribution in [1.82, 2.24) is 5.32 Å². The molecule has 3 unspecified atom stereocenters. The SMILES string of the molecule is CCCCC/C=C\C/C=C\CCCCCCCCCCCCCC(=O)NC(COP(=O)(O)OCC[N+](C)(C)C)C(/C=C/CCCCCCCCCCCC)OC(=O)CCCCCCCCCCCCCCCCC/C=C/CCCCCCCC. The third kappa shape index (κ3) is 64.4. The standard InChI is InChI=1S/C74H141N2O7P/c1-7-10-13-16-19-22-25-28-30-32-34-36-37-38-39-41-43-45-47-49-52-55-58-61-64-67-74(78)83-72(65-62-59-56-53-50-27-24-21-18-15-12-9-3)71(70-82-84(79,80)81-69-68-76(4,5)6)75-73(77)66-63-60-57-54-51-48-46-44-42-40-35-33-31-29-26-23-20-17-14-11-8-2/h20,23,28-31,62,65,71-72H,7-19,21-22,24-27,32-61,63-64,66-70H2,1-6H3,(H-,75,77,79,80)/p+1/b23-20-,30-28+,31-29-,65-62+. The topological polar surface area (TPSA) is 111 Å². The van der Waals surface area contributed by atoms with Crippen molar-refractivity contribution in [3.63, 3.8) is 0 Å². The van der Waals surface area contributed by atoms with Gasteiger partial charge in [-0.05, 0) is 89.5 Å². The number of ether oxygens (including phenoxy) is 1. The molecule has 0 aromatic carbocycles. The van der Waals surface area contributed by atoms with Gasteiger partial charge in [-0.15, -0.1) is 0 Å². The zero-order chi connectivity index (χ0) is 61.4. The average Bonchev–Trinajstić information content (AvgIpc) is 3.64. The first kappa shape index (κ1) is 82.0. The van der Waals surface area contributed by atoms with Crippen LogP contribution in [-0.4, -0.2) is 74.3 Å². The van der Waals surface area contributed by atoms with E-state index < -0.39 is 20.0 Å². The number of likely N-dealkylation sites (N-methyl/N-ethyl adjacent to an activating group) is 1. The van der Waals surface area contributed by atoms with Crippen LogP contribution in [-0.2, 0) is 27.9 Å². The maximum Gasteiger partial charge on any atom is 0.472 e. The number of hydrogen-bond donors (Lipinski definition) is 2. The molecule has 494 valence electrons. The van der Waals surface area contributed by atoms with Gasteiger partial charge in [-0.25, -0.2) is 4.57 Å². The van der Waals surface area contributed by atoms with Crippen molar-refractivity contribution < 1.29 is 37.3 Å². The van der Waals surface area contributed by atoms with E-state index in [0.717, 1.165) is 64.2 Å². The van der Waals surface area contributed by atoms with E-state index in [1.807, 2.05) is 33.3 Å². The number of amides is 1. The first-order valence-electron chi connectivity index (χ1n) is 36.5. The highest BCUT2D eigenvalue weighted by molar-refractivity contribution is 7.47. The molecule has 2 N–H and O–H groups in total. The van der Waals surface area contributed by atoms with Gasteiger partial charge in [0, 0.05) is 12.8 Å². The van der Waals surface area contributed by atoms with Gasteiger partial charge in [0.15, 0.2) is 0 Å². The highest BCUT2D eigenvalue weighted by atomic mass is 31.2. The molecule has 0 saturated heterocycles. The Labute approximate surface area is 522 Å². The molecular weight excluding hydrogens is 1060 g/mol. The smallest absolute Gasteiger partial charge is 0.456 e. The summed E-state index contributed by atoms with van der Waals surface area (Å²) in [4.78, 5) is 37.9. The van der Waals surface area contributed by atoms with Gasteiger partial charge < -0.3 is 19.4 Å². The Hall–Kier alpha value is -2.03. The Morgan fingerprint density at radius 3 is 1.11 bits per heavy atom. The summed E-state index contributed by atoms with van der Waals surface area (Å²) in [7, 11) is 1.51. The van der Waals surface area contributed by atoms with Crippen LogP contribution < -0.4 is 5.32 Å². The normalized spacial score (nSPS) is 13.8. The minimum absolute atomic E-state index is 0.0414. The van der Waals surface area contributed by atoms with Crippen LogP contribution in [0.3, 0.4) is 0 Å². The first-order valence-corrected chi connectivity index (χ1v) is 38.0. The number of carbonyl (C=O) groups is 2. The number of allylic oxidation sites excluding steroid dienone is 7. The maximum atomic E-state index is 13.6. The van der Waals surface area contributed by atoms with Gasteiger partial charge in [0.25, 0.3) is 0 Å². The van der Waals surface area contributed by atoms with E-state index in [4.69, 9.17) is 13.8 Å². The molecular formula is C74H142N2O7P+. The molecule has 0 aromatic heterocycles. The molecule has 0 fully saturated rings. The van der Waals surface area contributed by atoms with Gasteiger partial charge in [-0.2, -0.15) is 0 Å². The summed E-state index contributed by atoms with van der Waals surface area (Å²) in [5, 5.41) is 3.08. The second-order valence-corrected chi connectivity index (χ2v) is 27.6. The number of unbranched alkanes of at least 4 members (excludes halogenated alkanes) is 45. The first-order chi connectivity index (χ1) is 40.9. The molecule has 0 aromatic rings. The summed E-state index contributed by atoms with van der Waals surface area (Å²) in [6.07, 6.45) is 81.3. The van der Waals surface area contributed by atoms with Crippen molar-refractivity contribution >= 4 is 19.7 Å². The van der Waals surface area contributed by atoms with Crippen LogP contribution in [0.1, 0.15) is 361 Å². The summed E-state index contributed by atoms with van der Waals surface area (Å²) in [5.41, 5.74) is 0. The molecule has 10 heteroatoms. The molecule has 9 nitrogen and oxygen atoms in total. The lowest BCUT2D eigenvalue weighted by Crippen LogP contribution is -2.47. The van der Waals surface area contributed by atoms with Gasteiger partial charge in [0.1, 0.15) is 19.3 Å². The number of phosphoric ester groups is 1. The average molecular weight is 1200 g/mol. The Kier molecular flexibility index (Phi) is 62.4. The fourth-order valence-electron chi connectivity index (χ4n) is 10.9. The van der Waals surface area contributed by atoms with Crippen molar-refractivity contribution in [1.29, 1.82) is 0 Å². The highest BCUT2D eigenvalue weighted by Crippen LogP contribution is 2.43. The molecule has 0 aliphatic rings. The van der Waals surface area contributed by atoms with E-state index in [1.54, 1.807) is 0 Å². The number of hydrogen-bond acceptors (Lipinski definition) is 6. The summed E-state index contributed by atoms with van der Waals surface area (Å²) >= 11 is 0. The predicted molar refractivity (Wildman–Crippen MR) is 365 cm³/mol. The summed E-state index contributed by atoms with van der Waals surface area (Å²) < 4.78 is 30.9. The van der Waals surface area contributed by atoms with Crippen LogP contribution in [0.2, 0.25) is 0 Å². The molecule has 3 atom stereocenters. The molecule has 0 bridgehead atoms. The molecule has 0 radical (unpaired) electrons. The van der Waals surface area contributed by atoms with E-state index >= 15 is 0 Å². The van der Waals surface area contributed by atoms with Crippen LogP contribution in [0, 0.1) is 0 Å². The predicted octanol–water partition coefficient (Wildman–Crippen LogP) is 23.2. The molecule has 1 amide bonds. The molecule has 0 saturated carbocycles. The number of esters is 1. The lowest BCUT2D eigenvalue weighted by Gasteiger charge is -2.27. The summed E-state index contributed by atoms with van der Waals surface area (Å²) in [6, 6.07) is -0.849. The van der Waals surface area contributed by atoms with Gasteiger partial charge in [0.2, 0.25) is 5.91 Å². The summed E-state index contributed by atoms with van der Waals surface area (Å²) in [6.45, 7) is 7.04. The molecule has 0 heterocycles. The number of phosphoric acid groups is 1. The zero-order valence-corrected chi connectivity index (χ0v) is 57.6. The van der Waals surface area contributed by atoms with Gasteiger partial charge >= 0.3 is 13.8 Å². The Balaban J connectivity index is 5.01. The second kappa shape index (κ2) is 64.0. The van der Waals surface area contributed by atoms with Crippen molar-refractivity contribution in [3.8, 4) is 0 Å². The molecule has 0 aliphatic heterocycles. The van der Waals surface area contributed by atoms with E-state index in [0.29, 0.717) is 23.9 Å². The third-order valence-electron chi connectivity index (χ3n) is 16.5. The van der Waals surface area contributed by atoms with Crippen LogP contribution >= 0.6 is 7.82 Å². The largest absolute Gasteiger partial charge is 0.472 e. The van der Waals surface area contributed by atoms with Crippen molar-refractivity contribution in [3.05, 3.63) is 48.6 Å². The van der Waals surface area contributed by atoms with E-state index in [1.165, 1.54) is 263 Å². The Morgan fingerprint density at radius 1 is 0.417 bits per heavy atom. The molecule has 0 spiro atoms. The molecule has 0 rings (SSSR count). The Morgan fingerprint density at radius 2 is 0.726 bits per heavy atom. The second-order valence-electron chi connectivity index (χ2n) is 26.1. The maximum absolute atomic E-state index is 13.6. The number of quaternary nitrogens is 1. The fourth-order valence-corrected chi connectivity index (χ4v) is 11.6. The van der Waals surface area contributed by atoms with Crippen molar-refractivity contribution in [2.75, 3.05) is 40.9 Å². The quantitative estimate of drug-likeness (QED) is 0.0205. The van der Waals surface area contributed by atoms with Gasteiger partial charge in [-0.1, -0.05) is 307 Å². The number of carbonyl (C=O) groups excluding carboxylic acids is 2. The summed E-state index contributed by atoms with van der Waals surface area (Å²) in [5.74, 6) is -0.490. The number of nitrogens with zero attached hydrogens (tertiary/aromatic N) is 1. The molecule has 0 aliphatic carbocycles. The third-order valence-corrected chi connectivity index (χ3v) is 17.5. The van der Waals surface area contributed by atoms with Crippen LogP contribution in [0.15, 0.2) is 48.6 Å². The monoisotopic (exact) mass is 1200 g/mol. The molecule has 84 heavy (non-hydrogen) atoms. The van der Waals surface area contributed by atoms with Crippen LogP contribution in [0.4, 0.5) is 0 Å². The Bertz CT molecular complexity index is 1570. The van der Waals surface area contributed by atoms with Crippen molar-refractivity contribution in [2.45, 2.75) is 373 Å². The zero-order valence-electron chi connectivity index (χ0n) is 56.7. The lowest BCUT2D eigenvalue weighted by atomic mass is 10.0. The lowest BCUT2D eigenvalue weighted by molar-refractivity contribution is -0.870. The highest BCUT2D eigenvalue weighted by Gasteiger charge is 2.30. The number of rotatable bonds is 67. The van der Waals surface area contributed by atoms with Crippen molar-refractivity contribution in [2.24, 2.45) is 0 Å². The van der Waals surface area contributed by atoms with E-state index in [9.17, 15) is 19.0 Å². The van der Waals surface area contributed by atoms with Gasteiger partial charge in [-0.3, -0.25) is 18.6 Å². The fraction of sp³-hybridized carbons (Fsp3) is 0.865. The minimum atomic E-state index is -4.45. The minimum Gasteiger partial charge on any atom is -0.456 e.